The molecule has 4 unspecified atom stereocenters. The Labute approximate surface area is 287 Å². The highest BCUT2D eigenvalue weighted by Gasteiger charge is 2.62. The molecular formula is C41H33N3O6. The molecule has 1 aromatic heterocycles. The van der Waals surface area contributed by atoms with Crippen LogP contribution in [0.25, 0.3) is 17.3 Å². The van der Waals surface area contributed by atoms with Gasteiger partial charge >= 0.3 is 11.4 Å². The Morgan fingerprint density at radius 3 is 2.22 bits per heavy atom. The van der Waals surface area contributed by atoms with Gasteiger partial charge in [-0.05, 0) is 59.0 Å². The van der Waals surface area contributed by atoms with Crippen molar-refractivity contribution in [2.24, 2.45) is 11.8 Å². The number of ether oxygens (including phenoxy) is 1. The first-order valence-corrected chi connectivity index (χ1v) is 16.5. The summed E-state index contributed by atoms with van der Waals surface area (Å²) >= 11 is 0. The van der Waals surface area contributed by atoms with Gasteiger partial charge < -0.3 is 9.84 Å². The molecule has 0 bridgehead atoms. The Morgan fingerprint density at radius 1 is 0.840 bits per heavy atom. The van der Waals surface area contributed by atoms with E-state index in [1.54, 1.807) is 36.4 Å². The number of phenolic OH excluding ortho intramolecular Hbond substituents is 1. The maximum Gasteiger partial charge on any atom is 0.352 e. The number of carbonyl (C=O) groups is 2. The van der Waals surface area contributed by atoms with Gasteiger partial charge in [-0.3, -0.25) is 9.59 Å². The summed E-state index contributed by atoms with van der Waals surface area (Å²) < 4.78 is 9.41. The van der Waals surface area contributed by atoms with E-state index < -0.39 is 34.7 Å². The zero-order chi connectivity index (χ0) is 34.6. The van der Waals surface area contributed by atoms with Gasteiger partial charge in [-0.2, -0.15) is 0 Å². The van der Waals surface area contributed by atoms with Crippen LogP contribution in [0.15, 0.2) is 143 Å². The highest BCUT2D eigenvalue weighted by molar-refractivity contribution is 6.31. The molecule has 4 aromatic carbocycles. The van der Waals surface area contributed by atoms with Crippen molar-refractivity contribution in [3.05, 3.63) is 171 Å². The van der Waals surface area contributed by atoms with Crippen molar-refractivity contribution >= 4 is 23.2 Å². The molecule has 0 saturated heterocycles. The molecule has 2 heterocycles. The fourth-order valence-corrected chi connectivity index (χ4v) is 8.19. The minimum Gasteiger partial charge on any atom is -0.504 e. The molecule has 2 aliphatic carbocycles. The van der Waals surface area contributed by atoms with Gasteiger partial charge in [0, 0.05) is 17.4 Å². The van der Waals surface area contributed by atoms with E-state index in [0.717, 1.165) is 10.1 Å². The molecule has 9 nitrogen and oxygen atoms in total. The first kappa shape index (κ1) is 31.1. The number of phenols is 1. The van der Waals surface area contributed by atoms with Crippen molar-refractivity contribution in [3.8, 4) is 17.2 Å². The van der Waals surface area contributed by atoms with Gasteiger partial charge in [-0.25, -0.2) is 23.5 Å². The van der Waals surface area contributed by atoms with E-state index in [2.05, 4.69) is 0 Å². The van der Waals surface area contributed by atoms with Crippen molar-refractivity contribution in [3.63, 3.8) is 0 Å². The average molecular weight is 664 g/mol. The van der Waals surface area contributed by atoms with E-state index in [1.807, 2.05) is 85.0 Å². The van der Waals surface area contributed by atoms with Gasteiger partial charge in [0.1, 0.15) is 0 Å². The van der Waals surface area contributed by atoms with Gasteiger partial charge in [0.05, 0.1) is 30.8 Å². The lowest BCUT2D eigenvalue weighted by atomic mass is 9.49. The molecular weight excluding hydrogens is 630 g/mol. The van der Waals surface area contributed by atoms with Crippen molar-refractivity contribution in [1.29, 1.82) is 0 Å². The number of benzene rings is 4. The Kier molecular flexibility index (Phi) is 7.48. The highest BCUT2D eigenvalue weighted by Crippen LogP contribution is 2.58. The normalized spacial score (nSPS) is 22.7. The van der Waals surface area contributed by atoms with Gasteiger partial charge in [0.15, 0.2) is 23.1 Å². The number of rotatable bonds is 6. The maximum absolute atomic E-state index is 15.0. The van der Waals surface area contributed by atoms with Crippen LogP contribution in [0.5, 0.6) is 11.5 Å². The van der Waals surface area contributed by atoms with E-state index >= 15 is 4.79 Å². The second-order valence-electron chi connectivity index (χ2n) is 12.8. The first-order valence-electron chi connectivity index (χ1n) is 16.5. The number of methoxy groups -OCH3 is 1. The van der Waals surface area contributed by atoms with E-state index in [9.17, 15) is 19.5 Å². The average Bonchev–Trinajstić information content (AvgIpc) is 3.42. The number of aromatic hydroxyl groups is 1. The van der Waals surface area contributed by atoms with Crippen LogP contribution in [0.3, 0.4) is 0 Å². The maximum atomic E-state index is 15.0. The van der Waals surface area contributed by atoms with Crippen LogP contribution in [-0.4, -0.2) is 37.7 Å². The van der Waals surface area contributed by atoms with Crippen molar-refractivity contribution in [2.75, 3.05) is 7.11 Å². The fourth-order valence-electron chi connectivity index (χ4n) is 8.19. The molecule has 248 valence electrons. The van der Waals surface area contributed by atoms with Crippen LogP contribution < -0.4 is 16.1 Å². The molecule has 9 heteroatoms. The summed E-state index contributed by atoms with van der Waals surface area (Å²) in [5, 5.41) is 10.2. The van der Waals surface area contributed by atoms with Crippen LogP contribution in [0.2, 0.25) is 0 Å². The molecule has 1 aliphatic heterocycles. The zero-order valence-corrected chi connectivity index (χ0v) is 27.2. The topological polar surface area (TPSA) is 113 Å². The molecule has 8 rings (SSSR count). The molecule has 0 spiro atoms. The summed E-state index contributed by atoms with van der Waals surface area (Å²) in [6, 6.07) is 31.6. The number of Topliss-reactive ketones (excluding diaryl/α,β-unsaturated/α-hetero) is 1. The monoisotopic (exact) mass is 663 g/mol. The third kappa shape index (κ3) is 4.61. The number of carbonyl (C=O) groups excluding carboxylic acids is 2. The fraction of sp³-hybridized carbons (Fsp3) is 0.171. The quantitative estimate of drug-likeness (QED) is 0.240. The van der Waals surface area contributed by atoms with Crippen LogP contribution in [-0.2, 0) is 21.5 Å². The third-order valence-corrected chi connectivity index (χ3v) is 10.4. The second kappa shape index (κ2) is 12.0. The molecule has 5 aromatic rings. The molecule has 50 heavy (non-hydrogen) atoms. The molecule has 1 N–H and O–H groups in total. The predicted octanol–water partition coefficient (Wildman–Crippen LogP) is 5.52. The number of ketones is 2. The molecule has 0 radical (unpaired) electrons. The summed E-state index contributed by atoms with van der Waals surface area (Å²) in [5.41, 5.74) is 1.27. The Bertz CT molecular complexity index is 2370. The highest BCUT2D eigenvalue weighted by atomic mass is 16.5. The molecule has 1 saturated carbocycles. The van der Waals surface area contributed by atoms with Crippen LogP contribution >= 0.6 is 0 Å². The molecule has 3 aliphatic rings. The zero-order valence-electron chi connectivity index (χ0n) is 27.2. The minimum absolute atomic E-state index is 0.00917. The van der Waals surface area contributed by atoms with Gasteiger partial charge in [0.25, 0.3) is 0 Å². The first-order chi connectivity index (χ1) is 24.3. The van der Waals surface area contributed by atoms with E-state index in [4.69, 9.17) is 4.74 Å². The summed E-state index contributed by atoms with van der Waals surface area (Å²) in [5.74, 6) is -1.69. The van der Waals surface area contributed by atoms with Crippen molar-refractivity contribution < 1.29 is 19.4 Å². The second-order valence-corrected chi connectivity index (χ2v) is 12.8. The Morgan fingerprint density at radius 2 is 1.52 bits per heavy atom. The SMILES string of the molecule is COc1cc(C=CC2C3=CCn4c(=O)n(-c5ccccc5)c(=O)n4C3CC3C(=O)C(c4ccccc4)=CC(=O)C23c2ccccc2)ccc1O. The molecule has 1 fully saturated rings. The summed E-state index contributed by atoms with van der Waals surface area (Å²) in [6.07, 6.45) is 7.32. The van der Waals surface area contributed by atoms with Crippen molar-refractivity contribution in [1.82, 2.24) is 13.9 Å². The number of aromatic nitrogens is 3. The standard InChI is InChI=1S/C41H33N3O6/c1-50-36-23-26(18-20-35(36)45)17-19-32-30-21-22-42-39(48)43(29-15-9-4-10-16-29)40(49)44(42)34(30)25-33-38(47)31(27-11-5-2-6-12-27)24-37(46)41(32,33)28-13-7-3-8-14-28/h2-21,23-24,32-34,45H,22,25H2,1H3. The van der Waals surface area contributed by atoms with Crippen molar-refractivity contribution in [2.45, 2.75) is 24.4 Å². The van der Waals surface area contributed by atoms with E-state index in [0.29, 0.717) is 33.7 Å². The number of nitrogens with zero attached hydrogens (tertiary/aromatic N) is 3. The van der Waals surface area contributed by atoms with Gasteiger partial charge in [0.2, 0.25) is 0 Å². The number of hydrogen-bond acceptors (Lipinski definition) is 6. The smallest absolute Gasteiger partial charge is 0.352 e. The van der Waals surface area contributed by atoms with Crippen LogP contribution in [0.4, 0.5) is 0 Å². The van der Waals surface area contributed by atoms with Crippen LogP contribution in [0, 0.1) is 11.8 Å². The van der Waals surface area contributed by atoms with E-state index in [-0.39, 0.29) is 30.3 Å². The Balaban J connectivity index is 1.38. The number of para-hydroxylation sites is 1. The van der Waals surface area contributed by atoms with Crippen LogP contribution in [0.1, 0.15) is 29.2 Å². The third-order valence-electron chi connectivity index (χ3n) is 10.4. The lowest BCUT2D eigenvalue weighted by Gasteiger charge is -2.53. The van der Waals surface area contributed by atoms with E-state index in [1.165, 1.54) is 28.6 Å². The minimum atomic E-state index is -1.34. The predicted molar refractivity (Wildman–Crippen MR) is 189 cm³/mol. The number of hydrogen-bond donors (Lipinski definition) is 1. The van der Waals surface area contributed by atoms with Gasteiger partial charge in [-0.1, -0.05) is 103 Å². The Hall–Kier alpha value is -6.22. The number of fused-ring (bicyclic) bond motifs is 4. The number of allylic oxidation sites excluding steroid dienone is 5. The summed E-state index contributed by atoms with van der Waals surface area (Å²) in [7, 11) is 1.47. The van der Waals surface area contributed by atoms with Gasteiger partial charge in [-0.15, -0.1) is 0 Å². The molecule has 0 amide bonds. The largest absolute Gasteiger partial charge is 0.504 e. The summed E-state index contributed by atoms with van der Waals surface area (Å²) in [4.78, 5) is 58.0. The molecule has 4 atom stereocenters. The summed E-state index contributed by atoms with van der Waals surface area (Å²) in [6.45, 7) is 0.111. The lowest BCUT2D eigenvalue weighted by molar-refractivity contribution is -0.133. The lowest BCUT2D eigenvalue weighted by Crippen LogP contribution is -2.59.